The number of hydrogen-bond acceptors (Lipinski definition) is 4. The van der Waals surface area contributed by atoms with Crippen LogP contribution < -0.4 is 4.74 Å². The molecule has 120 valence electrons. The number of ether oxygens (including phenoxy) is 2. The lowest BCUT2D eigenvalue weighted by Gasteiger charge is -2.10. The largest absolute Gasteiger partial charge is 0.491 e. The van der Waals surface area contributed by atoms with Gasteiger partial charge in [-0.15, -0.1) is 11.3 Å². The molecule has 0 aliphatic heterocycles. The summed E-state index contributed by atoms with van der Waals surface area (Å²) in [6.45, 7) is 7.57. The van der Waals surface area contributed by atoms with E-state index in [-0.39, 0.29) is 0 Å². The lowest BCUT2D eigenvalue weighted by Crippen LogP contribution is -2.04. The van der Waals surface area contributed by atoms with Gasteiger partial charge in [-0.3, -0.25) is 0 Å². The molecule has 1 aromatic carbocycles. The minimum atomic E-state index is 0.538. The van der Waals surface area contributed by atoms with E-state index in [0.29, 0.717) is 23.6 Å². The number of methoxy groups -OCH3 is 1. The van der Waals surface area contributed by atoms with E-state index in [2.05, 4.69) is 31.8 Å². The fourth-order valence-electron chi connectivity index (χ4n) is 2.27. The number of rotatable bonds is 7. The van der Waals surface area contributed by atoms with E-state index in [9.17, 15) is 0 Å². The van der Waals surface area contributed by atoms with Gasteiger partial charge in [0.1, 0.15) is 12.4 Å². The van der Waals surface area contributed by atoms with Crippen molar-refractivity contribution < 1.29 is 9.47 Å². The van der Waals surface area contributed by atoms with E-state index in [0.717, 1.165) is 29.0 Å². The molecule has 0 aliphatic rings. The molecule has 0 unspecified atom stereocenters. The van der Waals surface area contributed by atoms with E-state index in [1.165, 1.54) is 4.88 Å². The quantitative estimate of drug-likeness (QED) is 0.665. The molecule has 0 amide bonds. The van der Waals surface area contributed by atoms with Crippen molar-refractivity contribution in [3.63, 3.8) is 0 Å². The molecule has 0 N–H and O–H groups in total. The maximum Gasteiger partial charge on any atom is 0.184 e. The highest BCUT2D eigenvalue weighted by Gasteiger charge is 2.14. The van der Waals surface area contributed by atoms with Gasteiger partial charge >= 0.3 is 0 Å². The number of benzene rings is 1. The minimum absolute atomic E-state index is 0.538. The summed E-state index contributed by atoms with van der Waals surface area (Å²) in [7, 11) is 1.67. The van der Waals surface area contributed by atoms with Crippen LogP contribution in [0.1, 0.15) is 24.3 Å². The molecule has 3 nitrogen and oxygen atoms in total. The molecule has 0 saturated heterocycles. The van der Waals surface area contributed by atoms with E-state index in [4.69, 9.17) is 21.1 Å². The number of halogens is 1. The molecule has 0 saturated carbocycles. The maximum absolute atomic E-state index is 6.14. The fraction of sp³-hybridized carbons (Fsp3) is 0.471. The molecule has 0 fully saturated rings. The molecule has 2 aromatic rings. The van der Waals surface area contributed by atoms with Crippen LogP contribution >= 0.6 is 22.9 Å². The summed E-state index contributed by atoms with van der Waals surface area (Å²) in [4.78, 5) is 5.75. The number of aryl methyl sites for hydroxylation is 1. The summed E-state index contributed by atoms with van der Waals surface area (Å²) < 4.78 is 11.3. The molecule has 5 heteroatoms. The van der Waals surface area contributed by atoms with Gasteiger partial charge < -0.3 is 9.47 Å². The Bertz CT molecular complexity index is 625. The Kier molecular flexibility index (Phi) is 6.24. The highest BCUT2D eigenvalue weighted by atomic mass is 35.5. The van der Waals surface area contributed by atoms with Gasteiger partial charge in [-0.1, -0.05) is 25.4 Å². The van der Waals surface area contributed by atoms with Crippen LogP contribution in [0.25, 0.3) is 11.3 Å². The van der Waals surface area contributed by atoms with Crippen molar-refractivity contribution in [3.05, 3.63) is 33.1 Å². The summed E-state index contributed by atoms with van der Waals surface area (Å²) >= 11 is 7.70. The van der Waals surface area contributed by atoms with Crippen LogP contribution in [-0.4, -0.2) is 25.3 Å². The molecule has 1 heterocycles. The number of hydrogen-bond donors (Lipinski definition) is 0. The van der Waals surface area contributed by atoms with E-state index < -0.39 is 0 Å². The zero-order valence-electron chi connectivity index (χ0n) is 13.5. The van der Waals surface area contributed by atoms with Crippen molar-refractivity contribution in [2.75, 3.05) is 20.3 Å². The first-order valence-electron chi connectivity index (χ1n) is 7.38. The topological polar surface area (TPSA) is 31.4 Å². The summed E-state index contributed by atoms with van der Waals surface area (Å²) in [5, 5.41) is 0. The summed E-state index contributed by atoms with van der Waals surface area (Å²) in [6, 6.07) is 6.17. The third-order valence-corrected chi connectivity index (χ3v) is 4.33. The van der Waals surface area contributed by atoms with Gasteiger partial charge in [0.25, 0.3) is 0 Å². The molecule has 22 heavy (non-hydrogen) atoms. The van der Waals surface area contributed by atoms with Crippen molar-refractivity contribution >= 4 is 22.9 Å². The second-order valence-electron chi connectivity index (χ2n) is 5.71. The summed E-state index contributed by atoms with van der Waals surface area (Å²) in [5.41, 5.74) is 3.18. The maximum atomic E-state index is 6.14. The van der Waals surface area contributed by atoms with Gasteiger partial charge in [0.15, 0.2) is 4.47 Å². The minimum Gasteiger partial charge on any atom is -0.491 e. The van der Waals surface area contributed by atoms with Gasteiger partial charge in [0.05, 0.1) is 12.3 Å². The molecule has 0 spiro atoms. The van der Waals surface area contributed by atoms with E-state index in [1.54, 1.807) is 18.4 Å². The molecule has 0 atom stereocenters. The van der Waals surface area contributed by atoms with Crippen LogP contribution in [0.2, 0.25) is 4.47 Å². The Morgan fingerprint density at radius 1 is 1.23 bits per heavy atom. The van der Waals surface area contributed by atoms with Crippen molar-refractivity contribution in [1.82, 2.24) is 4.98 Å². The summed E-state index contributed by atoms with van der Waals surface area (Å²) in [6.07, 6.45) is 0.980. The van der Waals surface area contributed by atoms with Crippen LogP contribution in [-0.2, 0) is 11.2 Å². The first-order valence-corrected chi connectivity index (χ1v) is 8.58. The average molecular weight is 340 g/mol. The van der Waals surface area contributed by atoms with Crippen LogP contribution in [0.4, 0.5) is 0 Å². The summed E-state index contributed by atoms with van der Waals surface area (Å²) in [5.74, 6) is 1.41. The number of aromatic nitrogens is 1. The van der Waals surface area contributed by atoms with Crippen molar-refractivity contribution in [2.24, 2.45) is 5.92 Å². The lowest BCUT2D eigenvalue weighted by molar-refractivity contribution is 0.146. The highest BCUT2D eigenvalue weighted by molar-refractivity contribution is 7.16. The smallest absolute Gasteiger partial charge is 0.184 e. The highest BCUT2D eigenvalue weighted by Crippen LogP contribution is 2.34. The molecule has 1 aromatic heterocycles. The second kappa shape index (κ2) is 7.95. The first kappa shape index (κ1) is 17.3. The van der Waals surface area contributed by atoms with Gasteiger partial charge in [-0.05, 0) is 43.0 Å². The Labute approximate surface area is 141 Å². The fourth-order valence-corrected chi connectivity index (χ4v) is 3.65. The van der Waals surface area contributed by atoms with Crippen molar-refractivity contribution in [3.8, 4) is 17.0 Å². The standard InChI is InChI=1S/C17H22ClNO2S/c1-11(2)7-15-16(19-17(18)22-15)13-8-12(3)9-14(10-13)21-6-5-20-4/h8-11H,5-7H2,1-4H3. The van der Waals surface area contributed by atoms with Gasteiger partial charge in [-0.2, -0.15) is 0 Å². The Hall–Kier alpha value is -1.10. The predicted octanol–water partition coefficient (Wildman–Crippen LogP) is 5.00. The van der Waals surface area contributed by atoms with Crippen LogP contribution in [0.3, 0.4) is 0 Å². The zero-order valence-corrected chi connectivity index (χ0v) is 15.1. The monoisotopic (exact) mass is 339 g/mol. The Morgan fingerprint density at radius 3 is 2.68 bits per heavy atom. The van der Waals surface area contributed by atoms with Crippen LogP contribution in [0.15, 0.2) is 18.2 Å². The second-order valence-corrected chi connectivity index (χ2v) is 7.38. The van der Waals surface area contributed by atoms with Gasteiger partial charge in [0, 0.05) is 17.6 Å². The van der Waals surface area contributed by atoms with E-state index in [1.807, 2.05) is 12.1 Å². The Morgan fingerprint density at radius 2 is 2.00 bits per heavy atom. The molecular formula is C17H22ClNO2S. The van der Waals surface area contributed by atoms with Gasteiger partial charge in [0.2, 0.25) is 0 Å². The first-order chi connectivity index (χ1) is 10.5. The molecule has 2 rings (SSSR count). The van der Waals surface area contributed by atoms with Crippen LogP contribution in [0.5, 0.6) is 5.75 Å². The van der Waals surface area contributed by atoms with Crippen LogP contribution in [0, 0.1) is 12.8 Å². The molecule has 0 radical (unpaired) electrons. The third-order valence-electron chi connectivity index (χ3n) is 3.15. The third kappa shape index (κ3) is 4.70. The molecular weight excluding hydrogens is 318 g/mol. The number of thiazole rings is 1. The SMILES string of the molecule is COCCOc1cc(C)cc(-c2nc(Cl)sc2CC(C)C)c1. The van der Waals surface area contributed by atoms with E-state index >= 15 is 0 Å². The van der Waals surface area contributed by atoms with Crippen molar-refractivity contribution in [2.45, 2.75) is 27.2 Å². The molecule has 0 bridgehead atoms. The van der Waals surface area contributed by atoms with Gasteiger partial charge in [-0.25, -0.2) is 4.98 Å². The zero-order chi connectivity index (χ0) is 16.1. The Balaban J connectivity index is 2.31. The van der Waals surface area contributed by atoms with Crippen molar-refractivity contribution in [1.29, 1.82) is 0 Å². The number of nitrogens with zero attached hydrogens (tertiary/aromatic N) is 1. The normalized spacial score (nSPS) is 11.2. The molecule has 0 aliphatic carbocycles. The lowest BCUT2D eigenvalue weighted by atomic mass is 10.0. The average Bonchev–Trinajstić information content (AvgIpc) is 2.78. The predicted molar refractivity (Wildman–Crippen MR) is 93.2 cm³/mol.